The van der Waals surface area contributed by atoms with E-state index < -0.39 is 0 Å². The number of nitrogens with zero attached hydrogens (tertiary/aromatic N) is 4. The minimum absolute atomic E-state index is 0.0276. The maximum absolute atomic E-state index is 13.0. The Hall–Kier alpha value is -2.54. The second-order valence-electron chi connectivity index (χ2n) is 8.86. The zero-order valence-corrected chi connectivity index (χ0v) is 17.3. The number of piperidine rings is 1. The fourth-order valence-electron chi connectivity index (χ4n) is 4.92. The molecular weight excluding hydrogens is 378 g/mol. The zero-order valence-electron chi connectivity index (χ0n) is 17.3. The van der Waals surface area contributed by atoms with Crippen molar-refractivity contribution in [3.63, 3.8) is 0 Å². The summed E-state index contributed by atoms with van der Waals surface area (Å²) in [5.41, 5.74) is 2.86. The van der Waals surface area contributed by atoms with Crippen LogP contribution in [0.2, 0.25) is 0 Å². The first-order valence-corrected chi connectivity index (χ1v) is 11.2. The third-order valence-electron chi connectivity index (χ3n) is 6.88. The van der Waals surface area contributed by atoms with Gasteiger partial charge in [0.15, 0.2) is 0 Å². The summed E-state index contributed by atoms with van der Waals surface area (Å²) in [5.74, 6) is 1.10. The Morgan fingerprint density at radius 1 is 1.10 bits per heavy atom. The standard InChI is InChI=1S/C23H29N5O2/c29-22-18-9-13-27(14-16-7-10-24-11-8-16)15-19(18)25-21(26-22)20-6-1-2-12-28(20)23(30)17-4-3-5-17/h7-8,10-11,17,20H,1-6,9,12-15H2,(H,25,26,29)/t20-/m0/s1. The number of amides is 1. The molecule has 0 radical (unpaired) electrons. The number of rotatable bonds is 4. The van der Waals surface area contributed by atoms with Crippen LogP contribution >= 0.6 is 0 Å². The van der Waals surface area contributed by atoms with E-state index in [1.807, 2.05) is 29.4 Å². The summed E-state index contributed by atoms with van der Waals surface area (Å²) in [5, 5.41) is 0. The number of pyridine rings is 1. The van der Waals surface area contributed by atoms with Gasteiger partial charge in [-0.3, -0.25) is 19.5 Å². The molecule has 2 fully saturated rings. The van der Waals surface area contributed by atoms with Crippen LogP contribution < -0.4 is 5.56 Å². The summed E-state index contributed by atoms with van der Waals surface area (Å²) in [6.07, 6.45) is 10.4. The lowest BCUT2D eigenvalue weighted by atomic mass is 9.83. The van der Waals surface area contributed by atoms with Crippen LogP contribution in [-0.2, 0) is 24.3 Å². The molecule has 0 unspecified atom stereocenters. The number of nitrogens with one attached hydrogen (secondary N) is 1. The molecule has 30 heavy (non-hydrogen) atoms. The number of aromatic amines is 1. The summed E-state index contributed by atoms with van der Waals surface area (Å²) in [4.78, 5) is 42.2. The summed E-state index contributed by atoms with van der Waals surface area (Å²) in [7, 11) is 0. The quantitative estimate of drug-likeness (QED) is 0.842. The second-order valence-corrected chi connectivity index (χ2v) is 8.86. The minimum Gasteiger partial charge on any atom is -0.332 e. The van der Waals surface area contributed by atoms with Gasteiger partial charge in [0.05, 0.1) is 11.7 Å². The Kier molecular flexibility index (Phi) is 5.37. The molecule has 1 saturated heterocycles. The topological polar surface area (TPSA) is 82.2 Å². The van der Waals surface area contributed by atoms with Crippen LogP contribution in [0.3, 0.4) is 0 Å². The van der Waals surface area contributed by atoms with Crippen molar-refractivity contribution >= 4 is 5.91 Å². The molecule has 4 heterocycles. The number of aromatic nitrogens is 3. The first-order chi connectivity index (χ1) is 14.7. The molecule has 7 heteroatoms. The molecule has 0 spiro atoms. The predicted molar refractivity (Wildman–Crippen MR) is 113 cm³/mol. The van der Waals surface area contributed by atoms with Gasteiger partial charge in [0.1, 0.15) is 5.82 Å². The smallest absolute Gasteiger partial charge is 0.254 e. The summed E-state index contributed by atoms with van der Waals surface area (Å²) < 4.78 is 0. The fourth-order valence-corrected chi connectivity index (χ4v) is 4.92. The Balaban J connectivity index is 1.39. The van der Waals surface area contributed by atoms with Crippen LogP contribution in [0.15, 0.2) is 29.3 Å². The first kappa shape index (κ1) is 19.4. The van der Waals surface area contributed by atoms with Crippen LogP contribution in [0, 0.1) is 5.92 Å². The Labute approximate surface area is 176 Å². The van der Waals surface area contributed by atoms with Gasteiger partial charge in [-0.15, -0.1) is 0 Å². The van der Waals surface area contributed by atoms with E-state index in [1.54, 1.807) is 0 Å². The molecule has 3 aliphatic rings. The maximum atomic E-state index is 13.0. The molecule has 1 amide bonds. The van der Waals surface area contributed by atoms with Crippen molar-refractivity contribution in [2.75, 3.05) is 13.1 Å². The van der Waals surface area contributed by atoms with E-state index in [0.29, 0.717) is 18.8 Å². The van der Waals surface area contributed by atoms with E-state index in [-0.39, 0.29) is 23.4 Å². The highest BCUT2D eigenvalue weighted by molar-refractivity contribution is 5.80. The first-order valence-electron chi connectivity index (χ1n) is 11.2. The highest BCUT2D eigenvalue weighted by Gasteiger charge is 2.36. The third kappa shape index (κ3) is 3.78. The molecule has 0 aromatic carbocycles. The van der Waals surface area contributed by atoms with E-state index in [9.17, 15) is 9.59 Å². The van der Waals surface area contributed by atoms with Gasteiger partial charge in [-0.25, -0.2) is 4.98 Å². The van der Waals surface area contributed by atoms with E-state index in [4.69, 9.17) is 4.98 Å². The van der Waals surface area contributed by atoms with E-state index in [2.05, 4.69) is 14.9 Å². The van der Waals surface area contributed by atoms with Gasteiger partial charge >= 0.3 is 0 Å². The van der Waals surface area contributed by atoms with Gasteiger partial charge in [0, 0.05) is 50.1 Å². The van der Waals surface area contributed by atoms with Crippen LogP contribution in [0.25, 0.3) is 0 Å². The number of hydrogen-bond donors (Lipinski definition) is 1. The summed E-state index contributed by atoms with van der Waals surface area (Å²) >= 11 is 0. The molecule has 2 aromatic heterocycles. The molecule has 5 rings (SSSR count). The summed E-state index contributed by atoms with van der Waals surface area (Å²) in [6.45, 7) is 3.10. The van der Waals surface area contributed by atoms with Crippen molar-refractivity contribution in [2.45, 2.75) is 64.1 Å². The number of fused-ring (bicyclic) bond motifs is 1. The molecular formula is C23H29N5O2. The molecule has 2 aromatic rings. The highest BCUT2D eigenvalue weighted by Crippen LogP contribution is 2.35. The van der Waals surface area contributed by atoms with Gasteiger partial charge in [-0.1, -0.05) is 6.42 Å². The second kappa shape index (κ2) is 8.30. The minimum atomic E-state index is -0.0968. The number of carbonyl (C=O) groups is 1. The Bertz CT molecular complexity index is 969. The summed E-state index contributed by atoms with van der Waals surface area (Å²) in [6, 6.07) is 3.96. The SMILES string of the molecule is O=C(C1CCC1)N1CCCC[C@H]1c1nc2c(c(=O)[nH]1)CCN(Cc1ccncc1)C2. The van der Waals surface area contributed by atoms with Gasteiger partial charge in [0.2, 0.25) is 5.91 Å². The van der Waals surface area contributed by atoms with E-state index in [1.165, 1.54) is 5.56 Å². The number of carbonyl (C=O) groups excluding carboxylic acids is 1. The molecule has 2 aliphatic heterocycles. The van der Waals surface area contributed by atoms with Crippen LogP contribution in [0.5, 0.6) is 0 Å². The number of likely N-dealkylation sites (tertiary alicyclic amines) is 1. The third-order valence-corrected chi connectivity index (χ3v) is 6.88. The van der Waals surface area contributed by atoms with Crippen molar-refractivity contribution in [1.82, 2.24) is 24.8 Å². The van der Waals surface area contributed by atoms with E-state index >= 15 is 0 Å². The van der Waals surface area contributed by atoms with Crippen LogP contribution in [-0.4, -0.2) is 43.7 Å². The fraction of sp³-hybridized carbons (Fsp3) is 0.565. The van der Waals surface area contributed by atoms with Crippen LogP contribution in [0.1, 0.15) is 67.2 Å². The van der Waals surface area contributed by atoms with Crippen molar-refractivity contribution < 1.29 is 4.79 Å². The molecule has 158 valence electrons. The molecule has 1 N–H and O–H groups in total. The Morgan fingerprint density at radius 2 is 1.93 bits per heavy atom. The van der Waals surface area contributed by atoms with Gasteiger partial charge in [-0.2, -0.15) is 0 Å². The predicted octanol–water partition coefficient (Wildman–Crippen LogP) is 2.58. The number of H-pyrrole nitrogens is 1. The molecule has 1 aliphatic carbocycles. The Morgan fingerprint density at radius 3 is 2.70 bits per heavy atom. The lowest BCUT2D eigenvalue weighted by Crippen LogP contribution is -2.45. The van der Waals surface area contributed by atoms with E-state index in [0.717, 1.165) is 69.4 Å². The maximum Gasteiger partial charge on any atom is 0.254 e. The van der Waals surface area contributed by atoms with Crippen molar-refractivity contribution in [2.24, 2.45) is 5.92 Å². The zero-order chi connectivity index (χ0) is 20.5. The molecule has 0 bridgehead atoms. The highest BCUT2D eigenvalue weighted by atomic mass is 16.2. The van der Waals surface area contributed by atoms with Crippen LogP contribution in [0.4, 0.5) is 0 Å². The molecule has 7 nitrogen and oxygen atoms in total. The van der Waals surface area contributed by atoms with Gasteiger partial charge in [-0.05, 0) is 56.2 Å². The van der Waals surface area contributed by atoms with Gasteiger partial charge < -0.3 is 9.88 Å². The van der Waals surface area contributed by atoms with Gasteiger partial charge in [0.25, 0.3) is 5.56 Å². The van der Waals surface area contributed by atoms with Crippen molar-refractivity contribution in [1.29, 1.82) is 0 Å². The number of hydrogen-bond acceptors (Lipinski definition) is 5. The lowest BCUT2D eigenvalue weighted by Gasteiger charge is -2.39. The average molecular weight is 408 g/mol. The lowest BCUT2D eigenvalue weighted by molar-refractivity contribution is -0.142. The largest absolute Gasteiger partial charge is 0.332 e. The molecule has 1 saturated carbocycles. The molecule has 1 atom stereocenters. The van der Waals surface area contributed by atoms with Crippen molar-refractivity contribution in [3.8, 4) is 0 Å². The normalized spacial score (nSPS) is 22.4. The van der Waals surface area contributed by atoms with Crippen molar-refractivity contribution in [3.05, 3.63) is 57.5 Å². The monoisotopic (exact) mass is 407 g/mol. The average Bonchev–Trinajstić information content (AvgIpc) is 2.73.